The molecule has 3 rings (SSSR count). The van der Waals surface area contributed by atoms with Gasteiger partial charge in [-0.3, -0.25) is 4.79 Å². The molecule has 0 aliphatic carbocycles. The molecule has 0 fully saturated rings. The number of H-pyrrole nitrogens is 1. The van der Waals surface area contributed by atoms with Crippen molar-refractivity contribution in [3.63, 3.8) is 0 Å². The number of amides is 1. The van der Waals surface area contributed by atoms with Crippen LogP contribution in [-0.4, -0.2) is 29.5 Å². The first kappa shape index (κ1) is 14.1. The maximum Gasteiger partial charge on any atom is 0.250 e. The van der Waals surface area contributed by atoms with Crippen LogP contribution in [0.3, 0.4) is 0 Å². The minimum atomic E-state index is -0.462. The fourth-order valence-corrected chi connectivity index (χ4v) is 2.45. The molecule has 5 nitrogen and oxygen atoms in total. The molecule has 2 aromatic carbocycles. The van der Waals surface area contributed by atoms with Crippen molar-refractivity contribution in [3.8, 4) is 0 Å². The second kappa shape index (κ2) is 5.89. The van der Waals surface area contributed by atoms with E-state index in [-0.39, 0.29) is 0 Å². The molecule has 3 N–H and O–H groups in total. The average Bonchev–Trinajstić information content (AvgIpc) is 2.97. The number of nitrogens with zero attached hydrogens (tertiary/aromatic N) is 2. The third-order valence-electron chi connectivity index (χ3n) is 3.71. The Kier molecular flexibility index (Phi) is 3.78. The van der Waals surface area contributed by atoms with Crippen molar-refractivity contribution in [1.29, 1.82) is 0 Å². The Hall–Kier alpha value is -2.82. The molecule has 0 aliphatic heterocycles. The maximum atomic E-state index is 11.5. The predicted octanol–water partition coefficient (Wildman–Crippen LogP) is 2.34. The Balaban J connectivity index is 1.81. The van der Waals surface area contributed by atoms with E-state index in [2.05, 4.69) is 22.1 Å². The minimum absolute atomic E-state index is 0.441. The van der Waals surface area contributed by atoms with Crippen LogP contribution in [-0.2, 0) is 6.42 Å². The molecule has 0 radical (unpaired) electrons. The van der Waals surface area contributed by atoms with E-state index < -0.39 is 5.91 Å². The van der Waals surface area contributed by atoms with Gasteiger partial charge < -0.3 is 15.6 Å². The fourth-order valence-electron chi connectivity index (χ4n) is 2.45. The zero-order valence-corrected chi connectivity index (χ0v) is 12.4. The highest BCUT2D eigenvalue weighted by Crippen LogP contribution is 2.20. The lowest BCUT2D eigenvalue weighted by atomic mass is 10.1. The van der Waals surface area contributed by atoms with Crippen molar-refractivity contribution in [2.45, 2.75) is 6.42 Å². The molecule has 0 bridgehead atoms. The summed E-state index contributed by atoms with van der Waals surface area (Å²) in [5.74, 6) is 0.273. The number of hydrogen-bond acceptors (Lipinski definition) is 3. The smallest absolute Gasteiger partial charge is 0.250 e. The molecule has 1 amide bonds. The number of carbonyl (C=O) groups is 1. The lowest BCUT2D eigenvalue weighted by Crippen LogP contribution is -2.21. The van der Waals surface area contributed by atoms with Crippen molar-refractivity contribution in [3.05, 3.63) is 59.7 Å². The highest BCUT2D eigenvalue weighted by Gasteiger charge is 2.13. The molecule has 22 heavy (non-hydrogen) atoms. The molecule has 0 spiro atoms. The summed E-state index contributed by atoms with van der Waals surface area (Å²) in [6, 6.07) is 15.7. The first-order valence-corrected chi connectivity index (χ1v) is 7.19. The molecule has 1 aromatic heterocycles. The topological polar surface area (TPSA) is 75.0 Å². The highest BCUT2D eigenvalue weighted by atomic mass is 16.1. The second-order valence-corrected chi connectivity index (χ2v) is 5.28. The number of aromatic amines is 1. The van der Waals surface area contributed by atoms with Crippen LogP contribution < -0.4 is 10.6 Å². The van der Waals surface area contributed by atoms with E-state index in [4.69, 9.17) is 5.73 Å². The van der Waals surface area contributed by atoms with Crippen molar-refractivity contribution in [2.75, 3.05) is 18.5 Å². The van der Waals surface area contributed by atoms with Gasteiger partial charge in [0, 0.05) is 13.6 Å². The molecule has 1 heterocycles. The number of hydrogen-bond donors (Lipinski definition) is 2. The number of benzene rings is 2. The number of aromatic nitrogens is 2. The zero-order valence-electron chi connectivity index (χ0n) is 12.4. The molecule has 3 aromatic rings. The standard InChI is InChI=1S/C17H18N4O/c1-21(11-10-12-6-3-2-4-7-12)17-19-14-9-5-8-13(16(18)22)15(14)20-17/h2-9H,10-11H2,1H3,(H2,18,22)(H,19,20). The van der Waals surface area contributed by atoms with Crippen molar-refractivity contribution < 1.29 is 4.79 Å². The van der Waals surface area contributed by atoms with Gasteiger partial charge in [0.15, 0.2) is 0 Å². The van der Waals surface area contributed by atoms with Gasteiger partial charge in [0.05, 0.1) is 11.1 Å². The van der Waals surface area contributed by atoms with Crippen LogP contribution in [0.4, 0.5) is 5.95 Å². The minimum Gasteiger partial charge on any atom is -0.366 e. The van der Waals surface area contributed by atoms with Gasteiger partial charge in [-0.25, -0.2) is 4.98 Å². The Morgan fingerprint density at radius 2 is 1.95 bits per heavy atom. The lowest BCUT2D eigenvalue weighted by molar-refractivity contribution is 0.100. The fraction of sp³-hybridized carbons (Fsp3) is 0.176. The predicted molar refractivity (Wildman–Crippen MR) is 88.0 cm³/mol. The summed E-state index contributed by atoms with van der Waals surface area (Å²) in [6.07, 6.45) is 0.928. The van der Waals surface area contributed by atoms with Crippen LogP contribution in [0.15, 0.2) is 48.5 Å². The van der Waals surface area contributed by atoms with Gasteiger partial charge in [0.25, 0.3) is 5.91 Å². The van der Waals surface area contributed by atoms with Gasteiger partial charge in [-0.2, -0.15) is 0 Å². The van der Waals surface area contributed by atoms with Gasteiger partial charge in [-0.15, -0.1) is 0 Å². The van der Waals surface area contributed by atoms with Crippen LogP contribution in [0, 0.1) is 0 Å². The number of carbonyl (C=O) groups excluding carboxylic acids is 1. The molecular weight excluding hydrogens is 276 g/mol. The monoisotopic (exact) mass is 294 g/mol. The first-order chi connectivity index (χ1) is 10.6. The van der Waals surface area contributed by atoms with E-state index in [0.717, 1.165) is 24.4 Å². The van der Waals surface area contributed by atoms with E-state index in [1.807, 2.05) is 36.2 Å². The van der Waals surface area contributed by atoms with E-state index in [1.165, 1.54) is 5.56 Å². The molecule has 112 valence electrons. The third-order valence-corrected chi connectivity index (χ3v) is 3.71. The summed E-state index contributed by atoms with van der Waals surface area (Å²) in [4.78, 5) is 21.2. The third kappa shape index (κ3) is 2.79. The zero-order chi connectivity index (χ0) is 15.5. The summed E-state index contributed by atoms with van der Waals surface area (Å²) in [5.41, 5.74) is 8.55. The number of rotatable bonds is 5. The molecule has 0 unspecified atom stereocenters. The molecular formula is C17H18N4O. The number of anilines is 1. The van der Waals surface area contributed by atoms with Crippen LogP contribution in [0.5, 0.6) is 0 Å². The Bertz CT molecular complexity index is 795. The largest absolute Gasteiger partial charge is 0.366 e. The average molecular weight is 294 g/mol. The highest BCUT2D eigenvalue weighted by molar-refractivity contribution is 6.04. The number of likely N-dealkylation sites (N-methyl/N-ethyl adjacent to an activating group) is 1. The Morgan fingerprint density at radius 3 is 2.68 bits per heavy atom. The molecule has 0 aliphatic rings. The number of para-hydroxylation sites is 1. The van der Waals surface area contributed by atoms with E-state index in [9.17, 15) is 4.79 Å². The number of nitrogens with one attached hydrogen (secondary N) is 1. The number of primary amides is 1. The van der Waals surface area contributed by atoms with Crippen molar-refractivity contribution in [2.24, 2.45) is 5.73 Å². The van der Waals surface area contributed by atoms with Crippen LogP contribution >= 0.6 is 0 Å². The van der Waals surface area contributed by atoms with Crippen LogP contribution in [0.2, 0.25) is 0 Å². The number of imidazole rings is 1. The SMILES string of the molecule is CN(CCc1ccccc1)c1nc2c(C(N)=O)cccc2[nH]1. The van der Waals surface area contributed by atoms with Gasteiger partial charge in [-0.1, -0.05) is 36.4 Å². The summed E-state index contributed by atoms with van der Waals surface area (Å²) < 4.78 is 0. The molecule has 5 heteroatoms. The van der Waals surface area contributed by atoms with Crippen molar-refractivity contribution >= 4 is 22.9 Å². The Morgan fingerprint density at radius 1 is 1.18 bits per heavy atom. The summed E-state index contributed by atoms with van der Waals surface area (Å²) >= 11 is 0. The van der Waals surface area contributed by atoms with Gasteiger partial charge in [0.2, 0.25) is 5.95 Å². The van der Waals surface area contributed by atoms with Crippen LogP contribution in [0.1, 0.15) is 15.9 Å². The molecule has 0 atom stereocenters. The van der Waals surface area contributed by atoms with Gasteiger partial charge in [0.1, 0.15) is 5.52 Å². The summed E-state index contributed by atoms with van der Waals surface area (Å²) in [7, 11) is 1.98. The quantitative estimate of drug-likeness (QED) is 0.758. The van der Waals surface area contributed by atoms with Crippen LogP contribution in [0.25, 0.3) is 11.0 Å². The normalized spacial score (nSPS) is 10.8. The van der Waals surface area contributed by atoms with E-state index >= 15 is 0 Å². The molecule has 0 saturated carbocycles. The van der Waals surface area contributed by atoms with Crippen molar-refractivity contribution in [1.82, 2.24) is 9.97 Å². The lowest BCUT2D eigenvalue weighted by Gasteiger charge is -2.15. The van der Waals surface area contributed by atoms with E-state index in [0.29, 0.717) is 11.1 Å². The maximum absolute atomic E-state index is 11.5. The molecule has 0 saturated heterocycles. The second-order valence-electron chi connectivity index (χ2n) is 5.28. The number of fused-ring (bicyclic) bond motifs is 1. The van der Waals surface area contributed by atoms with Gasteiger partial charge in [-0.05, 0) is 24.1 Å². The van der Waals surface area contributed by atoms with E-state index in [1.54, 1.807) is 12.1 Å². The number of nitrogens with two attached hydrogens (primary N) is 1. The van der Waals surface area contributed by atoms with Gasteiger partial charge >= 0.3 is 0 Å². The summed E-state index contributed by atoms with van der Waals surface area (Å²) in [5, 5.41) is 0. The first-order valence-electron chi connectivity index (χ1n) is 7.19. The Labute approximate surface area is 128 Å². The summed E-state index contributed by atoms with van der Waals surface area (Å²) in [6.45, 7) is 0.829.